The second-order valence-electron chi connectivity index (χ2n) is 6.45. The monoisotopic (exact) mass is 318 g/mol. The fraction of sp³-hybridized carbons (Fsp3) is 0.294. The minimum Gasteiger partial charge on any atom is -0.399 e. The summed E-state index contributed by atoms with van der Waals surface area (Å²) in [6.07, 6.45) is 0. The second kappa shape index (κ2) is 5.65. The van der Waals surface area contributed by atoms with E-state index < -0.39 is 10.0 Å². The maximum atomic E-state index is 12.5. The Labute approximate surface area is 132 Å². The highest BCUT2D eigenvalue weighted by Crippen LogP contribution is 2.25. The molecule has 22 heavy (non-hydrogen) atoms. The highest BCUT2D eigenvalue weighted by Gasteiger charge is 2.18. The highest BCUT2D eigenvalue weighted by atomic mass is 32.2. The molecule has 2 aromatic carbocycles. The standard InChI is InChI=1S/C17H22N2O2S/c1-12-11-14(18)7-10-16(12)19-22(20,21)15-8-5-13(6-9-15)17(2,3)4/h5-11,19H,18H2,1-4H3. The zero-order valence-corrected chi connectivity index (χ0v) is 14.2. The van der Waals surface area contributed by atoms with Gasteiger partial charge in [0.2, 0.25) is 0 Å². The lowest BCUT2D eigenvalue weighted by Crippen LogP contribution is -2.15. The van der Waals surface area contributed by atoms with Crippen LogP contribution >= 0.6 is 0 Å². The molecule has 5 heteroatoms. The van der Waals surface area contributed by atoms with Crippen molar-refractivity contribution in [1.29, 1.82) is 0 Å². The molecule has 0 spiro atoms. The highest BCUT2D eigenvalue weighted by molar-refractivity contribution is 7.92. The van der Waals surface area contributed by atoms with Crippen LogP contribution in [0.2, 0.25) is 0 Å². The summed E-state index contributed by atoms with van der Waals surface area (Å²) >= 11 is 0. The van der Waals surface area contributed by atoms with Crippen molar-refractivity contribution in [2.24, 2.45) is 0 Å². The van der Waals surface area contributed by atoms with Crippen LogP contribution in [0.25, 0.3) is 0 Å². The molecule has 0 bridgehead atoms. The molecule has 0 fully saturated rings. The van der Waals surface area contributed by atoms with Crippen molar-refractivity contribution in [2.75, 3.05) is 10.5 Å². The van der Waals surface area contributed by atoms with E-state index in [1.54, 1.807) is 30.3 Å². The predicted molar refractivity (Wildman–Crippen MR) is 91.5 cm³/mol. The lowest BCUT2D eigenvalue weighted by molar-refractivity contribution is 0.587. The van der Waals surface area contributed by atoms with Gasteiger partial charge in [0.25, 0.3) is 10.0 Å². The summed E-state index contributed by atoms with van der Waals surface area (Å²) in [4.78, 5) is 0.247. The van der Waals surface area contributed by atoms with Crippen molar-refractivity contribution in [3.05, 3.63) is 53.6 Å². The molecule has 0 saturated carbocycles. The molecular formula is C17H22N2O2S. The van der Waals surface area contributed by atoms with E-state index in [0.29, 0.717) is 11.4 Å². The zero-order chi connectivity index (χ0) is 16.5. The summed E-state index contributed by atoms with van der Waals surface area (Å²) in [7, 11) is -3.60. The van der Waals surface area contributed by atoms with Crippen LogP contribution in [-0.4, -0.2) is 8.42 Å². The van der Waals surface area contributed by atoms with Crippen molar-refractivity contribution >= 4 is 21.4 Å². The van der Waals surface area contributed by atoms with Gasteiger partial charge < -0.3 is 5.73 Å². The summed E-state index contributed by atoms with van der Waals surface area (Å²) in [5.41, 5.74) is 8.69. The third kappa shape index (κ3) is 3.60. The van der Waals surface area contributed by atoms with E-state index in [1.807, 2.05) is 19.1 Å². The number of nitrogen functional groups attached to an aromatic ring is 1. The number of sulfonamides is 1. The van der Waals surface area contributed by atoms with E-state index in [-0.39, 0.29) is 10.3 Å². The Morgan fingerprint density at radius 3 is 2.09 bits per heavy atom. The summed E-state index contributed by atoms with van der Waals surface area (Å²) in [6, 6.07) is 12.1. The van der Waals surface area contributed by atoms with E-state index in [0.717, 1.165) is 11.1 Å². The third-order valence-corrected chi connectivity index (χ3v) is 4.91. The largest absolute Gasteiger partial charge is 0.399 e. The predicted octanol–water partition coefficient (Wildman–Crippen LogP) is 3.68. The van der Waals surface area contributed by atoms with E-state index in [1.165, 1.54) is 0 Å². The number of aryl methyl sites for hydroxylation is 1. The van der Waals surface area contributed by atoms with E-state index >= 15 is 0 Å². The third-order valence-electron chi connectivity index (χ3n) is 3.53. The molecule has 0 radical (unpaired) electrons. The molecule has 2 aromatic rings. The fourth-order valence-corrected chi connectivity index (χ4v) is 3.27. The first-order valence-corrected chi connectivity index (χ1v) is 8.57. The number of nitrogens with one attached hydrogen (secondary N) is 1. The Morgan fingerprint density at radius 1 is 1.00 bits per heavy atom. The van der Waals surface area contributed by atoms with Crippen molar-refractivity contribution in [3.63, 3.8) is 0 Å². The Balaban J connectivity index is 2.31. The van der Waals surface area contributed by atoms with Crippen LogP contribution in [-0.2, 0) is 15.4 Å². The number of anilines is 2. The summed E-state index contributed by atoms with van der Waals surface area (Å²) < 4.78 is 27.5. The van der Waals surface area contributed by atoms with Crippen molar-refractivity contribution in [1.82, 2.24) is 0 Å². The number of nitrogens with two attached hydrogens (primary N) is 1. The average Bonchev–Trinajstić information content (AvgIpc) is 2.41. The van der Waals surface area contributed by atoms with Gasteiger partial charge in [-0.1, -0.05) is 32.9 Å². The molecule has 0 unspecified atom stereocenters. The molecule has 0 aliphatic heterocycles. The summed E-state index contributed by atoms with van der Waals surface area (Å²) in [5.74, 6) is 0. The molecule has 0 aliphatic rings. The van der Waals surface area contributed by atoms with E-state index in [2.05, 4.69) is 25.5 Å². The molecule has 0 aliphatic carbocycles. The Bertz CT molecular complexity index is 773. The smallest absolute Gasteiger partial charge is 0.261 e. The fourth-order valence-electron chi connectivity index (χ4n) is 2.14. The molecular weight excluding hydrogens is 296 g/mol. The van der Waals surface area contributed by atoms with Gasteiger partial charge in [0, 0.05) is 5.69 Å². The van der Waals surface area contributed by atoms with Gasteiger partial charge in [-0.25, -0.2) is 8.42 Å². The maximum Gasteiger partial charge on any atom is 0.261 e. The van der Waals surface area contributed by atoms with Crippen molar-refractivity contribution in [3.8, 4) is 0 Å². The first-order valence-electron chi connectivity index (χ1n) is 7.09. The minimum atomic E-state index is -3.60. The second-order valence-corrected chi connectivity index (χ2v) is 8.14. The molecule has 3 N–H and O–H groups in total. The SMILES string of the molecule is Cc1cc(N)ccc1NS(=O)(=O)c1ccc(C(C)(C)C)cc1. The molecule has 118 valence electrons. The van der Waals surface area contributed by atoms with Gasteiger partial charge in [0.1, 0.15) is 0 Å². The van der Waals surface area contributed by atoms with Crippen LogP contribution in [0.15, 0.2) is 47.4 Å². The van der Waals surface area contributed by atoms with Crippen LogP contribution in [0, 0.1) is 6.92 Å². The van der Waals surface area contributed by atoms with Gasteiger partial charge in [-0.2, -0.15) is 0 Å². The molecule has 0 saturated heterocycles. The Morgan fingerprint density at radius 2 is 1.59 bits per heavy atom. The van der Waals surface area contributed by atoms with Crippen LogP contribution in [0.4, 0.5) is 11.4 Å². The quantitative estimate of drug-likeness (QED) is 0.848. The number of hydrogen-bond acceptors (Lipinski definition) is 3. The summed E-state index contributed by atoms with van der Waals surface area (Å²) in [5, 5.41) is 0. The van der Waals surface area contributed by atoms with Gasteiger partial charge in [0.05, 0.1) is 10.6 Å². The first kappa shape index (κ1) is 16.4. The van der Waals surface area contributed by atoms with Gasteiger partial charge in [-0.05, 0) is 53.8 Å². The molecule has 0 amide bonds. The van der Waals surface area contributed by atoms with E-state index in [4.69, 9.17) is 5.73 Å². The number of rotatable bonds is 3. The van der Waals surface area contributed by atoms with Gasteiger partial charge in [-0.15, -0.1) is 0 Å². The number of benzene rings is 2. The Hall–Kier alpha value is -2.01. The van der Waals surface area contributed by atoms with Crippen molar-refractivity contribution < 1.29 is 8.42 Å². The van der Waals surface area contributed by atoms with Gasteiger partial charge >= 0.3 is 0 Å². The lowest BCUT2D eigenvalue weighted by atomic mass is 9.87. The zero-order valence-electron chi connectivity index (χ0n) is 13.3. The minimum absolute atomic E-state index is 0.0106. The molecule has 0 aromatic heterocycles. The average molecular weight is 318 g/mol. The van der Waals surface area contributed by atoms with Crippen LogP contribution < -0.4 is 10.5 Å². The molecule has 0 atom stereocenters. The lowest BCUT2D eigenvalue weighted by Gasteiger charge is -2.19. The summed E-state index contributed by atoms with van der Waals surface area (Å²) in [6.45, 7) is 8.09. The topological polar surface area (TPSA) is 72.2 Å². The van der Waals surface area contributed by atoms with Crippen LogP contribution in [0.3, 0.4) is 0 Å². The van der Waals surface area contributed by atoms with Gasteiger partial charge in [0.15, 0.2) is 0 Å². The normalized spacial score (nSPS) is 12.2. The van der Waals surface area contributed by atoms with Crippen LogP contribution in [0.1, 0.15) is 31.9 Å². The molecule has 4 nitrogen and oxygen atoms in total. The van der Waals surface area contributed by atoms with Gasteiger partial charge in [-0.3, -0.25) is 4.72 Å². The number of hydrogen-bond donors (Lipinski definition) is 2. The van der Waals surface area contributed by atoms with Crippen LogP contribution in [0.5, 0.6) is 0 Å². The Kier molecular flexibility index (Phi) is 4.20. The maximum absolute atomic E-state index is 12.5. The van der Waals surface area contributed by atoms with E-state index in [9.17, 15) is 8.42 Å². The first-order chi connectivity index (χ1) is 10.1. The molecule has 0 heterocycles. The molecule has 2 rings (SSSR count). The van der Waals surface area contributed by atoms with Crippen molar-refractivity contribution in [2.45, 2.75) is 38.0 Å².